The fourth-order valence-corrected chi connectivity index (χ4v) is 2.32. The molecule has 2 rings (SSSR count). The van der Waals surface area contributed by atoms with Gasteiger partial charge in [-0.25, -0.2) is 9.97 Å². The zero-order valence-corrected chi connectivity index (χ0v) is 12.5. The molecule has 1 heterocycles. The lowest BCUT2D eigenvalue weighted by molar-refractivity contribution is 0.111. The largest absolute Gasteiger partial charge is 0.370 e. The molecule has 0 atom stereocenters. The summed E-state index contributed by atoms with van der Waals surface area (Å²) in [6.07, 6.45) is 1.24. The normalized spacial score (nSPS) is 10.3. The first-order chi connectivity index (χ1) is 9.58. The molecule has 7 heteroatoms. The van der Waals surface area contributed by atoms with E-state index in [9.17, 15) is 4.79 Å². The van der Waals surface area contributed by atoms with Crippen LogP contribution in [0.3, 0.4) is 0 Å². The van der Waals surface area contributed by atoms with Crippen LogP contribution in [0.5, 0.6) is 0 Å². The molecule has 0 aliphatic carbocycles. The van der Waals surface area contributed by atoms with E-state index in [-0.39, 0.29) is 11.0 Å². The first-order valence-corrected chi connectivity index (χ1v) is 6.89. The van der Waals surface area contributed by atoms with Gasteiger partial charge in [0.15, 0.2) is 12.1 Å². The maximum atomic E-state index is 10.6. The van der Waals surface area contributed by atoms with Crippen molar-refractivity contribution in [3.63, 3.8) is 0 Å². The second-order valence-electron chi connectivity index (χ2n) is 3.96. The van der Waals surface area contributed by atoms with E-state index in [1.165, 1.54) is 0 Å². The summed E-state index contributed by atoms with van der Waals surface area (Å²) in [5, 5.41) is 4.50. The van der Waals surface area contributed by atoms with Crippen LogP contribution in [0.25, 0.3) is 0 Å². The summed E-state index contributed by atoms with van der Waals surface area (Å²) in [7, 11) is 0. The smallest absolute Gasteiger partial charge is 0.196 e. The molecule has 1 aromatic heterocycles. The lowest BCUT2D eigenvalue weighted by Crippen LogP contribution is -2.08. The molecule has 0 saturated heterocycles. The first kappa shape index (κ1) is 15.0. The molecule has 0 amide bonds. The lowest BCUT2D eigenvalue weighted by atomic mass is 10.1. The summed E-state index contributed by atoms with van der Waals surface area (Å²) in [6, 6.07) is 6.91. The van der Waals surface area contributed by atoms with E-state index in [2.05, 4.69) is 15.3 Å². The highest BCUT2D eigenvalue weighted by Gasteiger charge is 2.04. The van der Waals surface area contributed by atoms with Crippen LogP contribution >= 0.6 is 34.8 Å². The van der Waals surface area contributed by atoms with Gasteiger partial charge in [-0.1, -0.05) is 40.9 Å². The number of nitrogens with one attached hydrogen (secondary N) is 1. The van der Waals surface area contributed by atoms with Gasteiger partial charge < -0.3 is 5.32 Å². The average molecular weight is 331 g/mol. The van der Waals surface area contributed by atoms with Crippen LogP contribution in [-0.4, -0.2) is 22.8 Å². The van der Waals surface area contributed by atoms with Crippen molar-refractivity contribution in [1.29, 1.82) is 0 Å². The molecular formula is C13H10Cl3N3O. The van der Waals surface area contributed by atoms with Crippen LogP contribution in [0, 0.1) is 0 Å². The summed E-state index contributed by atoms with van der Waals surface area (Å²) in [5.74, 6) is 0.543. The molecular weight excluding hydrogens is 321 g/mol. The molecule has 1 aromatic carbocycles. The molecule has 20 heavy (non-hydrogen) atoms. The predicted octanol–water partition coefficient (Wildman–Crippen LogP) is 3.90. The van der Waals surface area contributed by atoms with Gasteiger partial charge >= 0.3 is 0 Å². The number of nitrogens with zero attached hydrogens (tertiary/aromatic N) is 2. The van der Waals surface area contributed by atoms with Gasteiger partial charge in [0.25, 0.3) is 0 Å². The predicted molar refractivity (Wildman–Crippen MR) is 81.1 cm³/mol. The summed E-state index contributed by atoms with van der Waals surface area (Å²) in [5.41, 5.74) is 0.972. The van der Waals surface area contributed by atoms with Crippen LogP contribution in [0.2, 0.25) is 15.2 Å². The van der Waals surface area contributed by atoms with Crippen LogP contribution in [0.15, 0.2) is 24.3 Å². The van der Waals surface area contributed by atoms with E-state index >= 15 is 0 Å². The lowest BCUT2D eigenvalue weighted by Gasteiger charge is -2.08. The third-order valence-corrected chi connectivity index (χ3v) is 3.31. The highest BCUT2D eigenvalue weighted by Crippen LogP contribution is 2.21. The minimum absolute atomic E-state index is 0.0459. The number of benzene rings is 1. The van der Waals surface area contributed by atoms with E-state index in [1.54, 1.807) is 18.2 Å². The maximum Gasteiger partial charge on any atom is 0.196 e. The minimum atomic E-state index is 0.0459. The number of halogens is 3. The van der Waals surface area contributed by atoms with Crippen molar-refractivity contribution >= 4 is 46.9 Å². The topological polar surface area (TPSA) is 54.9 Å². The number of aromatic nitrogens is 2. The molecule has 0 aliphatic rings. The van der Waals surface area contributed by atoms with Crippen molar-refractivity contribution in [1.82, 2.24) is 9.97 Å². The number of carbonyl (C=O) groups is 1. The van der Waals surface area contributed by atoms with E-state index < -0.39 is 0 Å². The van der Waals surface area contributed by atoms with Crippen LogP contribution in [0.1, 0.15) is 16.2 Å². The average Bonchev–Trinajstić information content (AvgIpc) is 2.40. The van der Waals surface area contributed by atoms with E-state index in [0.717, 1.165) is 5.56 Å². The number of hydrogen-bond acceptors (Lipinski definition) is 4. The molecule has 0 radical (unpaired) electrons. The molecule has 0 unspecified atom stereocenters. The van der Waals surface area contributed by atoms with Gasteiger partial charge in [0.05, 0.1) is 0 Å². The SMILES string of the molecule is O=Cc1nc(Cl)cc(NCCc2ccc(Cl)cc2Cl)n1. The van der Waals surface area contributed by atoms with Crippen molar-refractivity contribution in [3.05, 3.63) is 50.9 Å². The molecule has 0 fully saturated rings. The maximum absolute atomic E-state index is 10.6. The summed E-state index contributed by atoms with van der Waals surface area (Å²) >= 11 is 17.7. The third-order valence-electron chi connectivity index (χ3n) is 2.53. The van der Waals surface area contributed by atoms with E-state index in [0.29, 0.717) is 35.1 Å². The Hall–Kier alpha value is -1.36. The molecule has 0 aliphatic heterocycles. The molecule has 0 saturated carbocycles. The van der Waals surface area contributed by atoms with Crippen LogP contribution in [0.4, 0.5) is 5.82 Å². The Morgan fingerprint density at radius 1 is 1.15 bits per heavy atom. The molecule has 4 nitrogen and oxygen atoms in total. The zero-order valence-electron chi connectivity index (χ0n) is 10.2. The summed E-state index contributed by atoms with van der Waals surface area (Å²) < 4.78 is 0. The quantitative estimate of drug-likeness (QED) is 0.667. The van der Waals surface area contributed by atoms with Crippen LogP contribution in [-0.2, 0) is 6.42 Å². The van der Waals surface area contributed by atoms with Crippen molar-refractivity contribution in [2.24, 2.45) is 0 Å². The fraction of sp³-hybridized carbons (Fsp3) is 0.154. The van der Waals surface area contributed by atoms with E-state index in [4.69, 9.17) is 34.8 Å². The Morgan fingerprint density at radius 2 is 1.95 bits per heavy atom. The monoisotopic (exact) mass is 329 g/mol. The Labute approximate surface area is 131 Å². The molecule has 0 bridgehead atoms. The van der Waals surface area contributed by atoms with Crippen molar-refractivity contribution < 1.29 is 4.79 Å². The highest BCUT2D eigenvalue weighted by molar-refractivity contribution is 6.35. The third kappa shape index (κ3) is 4.07. The standard InChI is InChI=1S/C13H10Cl3N3O/c14-9-2-1-8(10(15)5-9)3-4-17-12-6-11(16)18-13(7-20)19-12/h1-2,5-7H,3-4H2,(H,17,18,19). The van der Waals surface area contributed by atoms with E-state index in [1.807, 2.05) is 6.07 Å². The van der Waals surface area contributed by atoms with Crippen molar-refractivity contribution in [2.75, 3.05) is 11.9 Å². The van der Waals surface area contributed by atoms with Gasteiger partial charge in [-0.15, -0.1) is 0 Å². The highest BCUT2D eigenvalue weighted by atomic mass is 35.5. The summed E-state index contributed by atoms with van der Waals surface area (Å²) in [6.45, 7) is 0.590. The Bertz CT molecular complexity index is 634. The summed E-state index contributed by atoms with van der Waals surface area (Å²) in [4.78, 5) is 18.4. The van der Waals surface area contributed by atoms with Gasteiger partial charge in [-0.2, -0.15) is 0 Å². The number of aldehydes is 1. The van der Waals surface area contributed by atoms with Gasteiger partial charge in [-0.3, -0.25) is 4.79 Å². The second kappa shape index (κ2) is 6.88. The number of carbonyl (C=O) groups excluding carboxylic acids is 1. The number of hydrogen-bond donors (Lipinski definition) is 1. The zero-order chi connectivity index (χ0) is 14.5. The molecule has 104 valence electrons. The molecule has 1 N–H and O–H groups in total. The van der Waals surface area contributed by atoms with Crippen molar-refractivity contribution in [3.8, 4) is 0 Å². The molecule has 2 aromatic rings. The Kier molecular flexibility index (Phi) is 5.17. The second-order valence-corrected chi connectivity index (χ2v) is 5.20. The van der Waals surface area contributed by atoms with Gasteiger partial charge in [0.1, 0.15) is 11.0 Å². The van der Waals surface area contributed by atoms with Crippen LogP contribution < -0.4 is 5.32 Å². The van der Waals surface area contributed by atoms with Gasteiger partial charge in [0.2, 0.25) is 0 Å². The van der Waals surface area contributed by atoms with Gasteiger partial charge in [0, 0.05) is 22.7 Å². The number of anilines is 1. The minimum Gasteiger partial charge on any atom is -0.370 e. The Balaban J connectivity index is 1.99. The van der Waals surface area contributed by atoms with Gasteiger partial charge in [-0.05, 0) is 24.1 Å². The number of rotatable bonds is 5. The first-order valence-electron chi connectivity index (χ1n) is 5.76. The fourth-order valence-electron chi connectivity index (χ4n) is 1.63. The molecule has 0 spiro atoms. The van der Waals surface area contributed by atoms with Crippen molar-refractivity contribution in [2.45, 2.75) is 6.42 Å². The Morgan fingerprint density at radius 3 is 2.65 bits per heavy atom.